The number of anilines is 2. The highest BCUT2D eigenvalue weighted by molar-refractivity contribution is 7.90. The number of nitrogens with zero attached hydrogens (tertiary/aromatic N) is 4. The lowest BCUT2D eigenvalue weighted by atomic mass is 10.1. The number of aromatic nitrogens is 4. The molecule has 0 aliphatic carbocycles. The average Bonchev–Trinajstić information content (AvgIpc) is 3.08. The summed E-state index contributed by atoms with van der Waals surface area (Å²) in [5.74, 6) is -0.782. The fourth-order valence-electron chi connectivity index (χ4n) is 3.49. The highest BCUT2D eigenvalue weighted by Gasteiger charge is 2.57. The van der Waals surface area contributed by atoms with Crippen LogP contribution in [0.1, 0.15) is 20.1 Å². The van der Waals surface area contributed by atoms with Crippen molar-refractivity contribution in [2.75, 3.05) is 23.5 Å². The van der Waals surface area contributed by atoms with Gasteiger partial charge in [0.2, 0.25) is 5.95 Å². The maximum Gasteiger partial charge on any atom is 0.204 e. The Hall–Kier alpha value is -2.02. The van der Waals surface area contributed by atoms with Gasteiger partial charge in [-0.05, 0) is 13.8 Å². The highest BCUT2D eigenvalue weighted by atomic mass is 32.2. The zero-order valence-corrected chi connectivity index (χ0v) is 15.3. The minimum atomic E-state index is -3.30. The molecule has 4 heterocycles. The number of ether oxygens (including phenoxy) is 3. The Bertz CT molecular complexity index is 974. The van der Waals surface area contributed by atoms with Gasteiger partial charge in [0, 0.05) is 6.26 Å². The molecule has 4 rings (SSSR count). The van der Waals surface area contributed by atoms with Crippen LogP contribution in [0.2, 0.25) is 0 Å². The van der Waals surface area contributed by atoms with Crippen LogP contribution in [-0.4, -0.2) is 64.0 Å². The predicted octanol–water partition coefficient (Wildman–Crippen LogP) is -0.547. The maximum absolute atomic E-state index is 11.8. The van der Waals surface area contributed by atoms with Crippen molar-refractivity contribution in [3.8, 4) is 0 Å². The summed E-state index contributed by atoms with van der Waals surface area (Å²) in [5, 5.41) is 0. The molecule has 2 saturated heterocycles. The zero-order valence-electron chi connectivity index (χ0n) is 14.5. The first-order valence-corrected chi connectivity index (χ1v) is 10.0. The Morgan fingerprint density at radius 1 is 1.23 bits per heavy atom. The van der Waals surface area contributed by atoms with E-state index in [1.165, 1.54) is 10.9 Å². The van der Waals surface area contributed by atoms with Crippen LogP contribution in [0.3, 0.4) is 0 Å². The molecule has 0 radical (unpaired) electrons. The SMILES string of the molecule is CC1(C)O[C@@H]2[C@H](O1)[C@@H](CS(C)(=O)=O)O[C@H]2n1c(N)nc2c(N)ncnc21. The summed E-state index contributed by atoms with van der Waals surface area (Å²) in [5.41, 5.74) is 12.6. The van der Waals surface area contributed by atoms with Crippen LogP contribution in [0.4, 0.5) is 11.8 Å². The smallest absolute Gasteiger partial charge is 0.204 e. The largest absolute Gasteiger partial charge is 0.382 e. The Morgan fingerprint density at radius 2 is 1.92 bits per heavy atom. The van der Waals surface area contributed by atoms with Crippen molar-refractivity contribution >= 4 is 32.8 Å². The molecular weight excluding hydrogens is 364 g/mol. The monoisotopic (exact) mass is 384 g/mol. The van der Waals surface area contributed by atoms with Gasteiger partial charge in [0.1, 0.15) is 34.5 Å². The molecule has 26 heavy (non-hydrogen) atoms. The van der Waals surface area contributed by atoms with Crippen molar-refractivity contribution in [3.63, 3.8) is 0 Å². The van der Waals surface area contributed by atoms with Crippen molar-refractivity contribution in [2.45, 2.75) is 44.2 Å². The fraction of sp³-hybridized carbons (Fsp3) is 0.643. The second-order valence-electron chi connectivity index (χ2n) is 6.99. The summed E-state index contributed by atoms with van der Waals surface area (Å²) >= 11 is 0. The van der Waals surface area contributed by atoms with E-state index in [1.54, 1.807) is 13.8 Å². The first-order chi connectivity index (χ1) is 12.1. The van der Waals surface area contributed by atoms with Crippen LogP contribution < -0.4 is 11.5 Å². The van der Waals surface area contributed by atoms with Gasteiger partial charge < -0.3 is 25.7 Å². The highest BCUT2D eigenvalue weighted by Crippen LogP contribution is 2.45. The predicted molar refractivity (Wildman–Crippen MR) is 91.6 cm³/mol. The van der Waals surface area contributed by atoms with E-state index in [4.69, 9.17) is 25.7 Å². The molecule has 4 N–H and O–H groups in total. The lowest BCUT2D eigenvalue weighted by Crippen LogP contribution is -2.34. The Morgan fingerprint density at radius 3 is 2.62 bits per heavy atom. The molecule has 2 aliphatic heterocycles. The lowest BCUT2D eigenvalue weighted by Gasteiger charge is -2.25. The molecule has 0 aromatic carbocycles. The van der Waals surface area contributed by atoms with E-state index in [1.807, 2.05) is 0 Å². The first kappa shape index (κ1) is 17.4. The molecule has 0 unspecified atom stereocenters. The summed E-state index contributed by atoms with van der Waals surface area (Å²) < 4.78 is 43.0. The molecule has 4 atom stereocenters. The standard InChI is InChI=1S/C14H20N6O5S/c1-14(2)24-8-6(4-26(3,21)22)23-12(9(8)25-14)20-11-7(19-13(20)16)10(15)17-5-18-11/h5-6,8-9,12H,4H2,1-3H3,(H2,16,19)(H2,15,17,18)/t6-,8-,9-,12-/m1/s1. The molecule has 0 spiro atoms. The normalized spacial score (nSPS) is 30.7. The molecule has 2 aliphatic rings. The molecule has 0 amide bonds. The summed E-state index contributed by atoms with van der Waals surface area (Å²) in [7, 11) is -3.30. The summed E-state index contributed by atoms with van der Waals surface area (Å²) in [6, 6.07) is 0. The topological polar surface area (TPSA) is 157 Å². The van der Waals surface area contributed by atoms with Crippen molar-refractivity contribution in [2.24, 2.45) is 0 Å². The quantitative estimate of drug-likeness (QED) is 0.703. The van der Waals surface area contributed by atoms with Crippen molar-refractivity contribution in [1.82, 2.24) is 19.5 Å². The van der Waals surface area contributed by atoms with E-state index in [2.05, 4.69) is 15.0 Å². The van der Waals surface area contributed by atoms with Crippen LogP contribution in [0.25, 0.3) is 11.2 Å². The lowest BCUT2D eigenvalue weighted by molar-refractivity contribution is -0.193. The molecule has 2 aromatic heterocycles. The van der Waals surface area contributed by atoms with Gasteiger partial charge in [0.05, 0.1) is 5.75 Å². The van der Waals surface area contributed by atoms with E-state index >= 15 is 0 Å². The van der Waals surface area contributed by atoms with Gasteiger partial charge in [-0.1, -0.05) is 0 Å². The van der Waals surface area contributed by atoms with Crippen LogP contribution in [-0.2, 0) is 24.0 Å². The molecule has 11 nitrogen and oxygen atoms in total. The number of nitrogens with two attached hydrogens (primary N) is 2. The third-order valence-corrected chi connectivity index (χ3v) is 5.31. The number of nitrogen functional groups attached to an aromatic ring is 2. The molecular formula is C14H20N6O5S. The van der Waals surface area contributed by atoms with E-state index in [0.29, 0.717) is 11.2 Å². The number of rotatable bonds is 3. The molecule has 142 valence electrons. The minimum absolute atomic E-state index is 0.115. The second kappa shape index (κ2) is 5.49. The third kappa shape index (κ3) is 2.78. The van der Waals surface area contributed by atoms with Crippen LogP contribution >= 0.6 is 0 Å². The number of hydrogen-bond donors (Lipinski definition) is 2. The van der Waals surface area contributed by atoms with E-state index in [-0.39, 0.29) is 17.5 Å². The summed E-state index contributed by atoms with van der Waals surface area (Å²) in [6.07, 6.45) is -0.167. The van der Waals surface area contributed by atoms with Crippen molar-refractivity contribution < 1.29 is 22.6 Å². The Balaban J connectivity index is 1.79. The molecule has 12 heteroatoms. The fourth-order valence-corrected chi connectivity index (χ4v) is 4.36. The van der Waals surface area contributed by atoms with Gasteiger partial charge in [-0.25, -0.2) is 23.4 Å². The zero-order chi connectivity index (χ0) is 18.9. The maximum atomic E-state index is 11.8. The van der Waals surface area contributed by atoms with Crippen LogP contribution in [0.15, 0.2) is 6.33 Å². The van der Waals surface area contributed by atoms with Crippen molar-refractivity contribution in [1.29, 1.82) is 0 Å². The van der Waals surface area contributed by atoms with Gasteiger partial charge >= 0.3 is 0 Å². The van der Waals surface area contributed by atoms with E-state index in [0.717, 1.165) is 6.26 Å². The van der Waals surface area contributed by atoms with Crippen LogP contribution in [0.5, 0.6) is 0 Å². The third-order valence-electron chi connectivity index (χ3n) is 4.38. The van der Waals surface area contributed by atoms with E-state index < -0.39 is 40.2 Å². The average molecular weight is 384 g/mol. The minimum Gasteiger partial charge on any atom is -0.382 e. The summed E-state index contributed by atoms with van der Waals surface area (Å²) in [4.78, 5) is 12.3. The molecule has 0 saturated carbocycles. The molecule has 2 aromatic rings. The summed E-state index contributed by atoms with van der Waals surface area (Å²) in [6.45, 7) is 3.52. The van der Waals surface area contributed by atoms with Gasteiger partial charge in [-0.15, -0.1) is 0 Å². The second-order valence-corrected chi connectivity index (χ2v) is 9.18. The first-order valence-electron chi connectivity index (χ1n) is 7.98. The number of imidazole rings is 1. The number of sulfone groups is 1. The molecule has 0 bridgehead atoms. The van der Waals surface area contributed by atoms with Gasteiger partial charge in [0.25, 0.3) is 0 Å². The Kier molecular flexibility index (Phi) is 3.67. The van der Waals surface area contributed by atoms with Gasteiger partial charge in [-0.2, -0.15) is 0 Å². The van der Waals surface area contributed by atoms with Crippen molar-refractivity contribution in [3.05, 3.63) is 6.33 Å². The molecule has 2 fully saturated rings. The number of hydrogen-bond acceptors (Lipinski definition) is 10. The van der Waals surface area contributed by atoms with E-state index in [9.17, 15) is 8.42 Å². The Labute approximate surface area is 149 Å². The van der Waals surface area contributed by atoms with Gasteiger partial charge in [0.15, 0.2) is 29.0 Å². The number of fused-ring (bicyclic) bond motifs is 2. The van der Waals surface area contributed by atoms with Gasteiger partial charge in [-0.3, -0.25) is 4.57 Å². The van der Waals surface area contributed by atoms with Crippen LogP contribution in [0, 0.1) is 0 Å².